The fraction of sp³-hybridized carbons (Fsp3) is 0.778. The summed E-state index contributed by atoms with van der Waals surface area (Å²) in [6.45, 7) is 5.95. The molecule has 0 aliphatic carbocycles. The molecule has 2 aliphatic rings. The molecule has 13 nitrogen and oxygen atoms in total. The second-order valence-electron chi connectivity index (χ2n) is 11.4. The first-order chi connectivity index (χ1) is 19.7. The van der Waals surface area contributed by atoms with Gasteiger partial charge in [-0.1, -0.05) is 27.2 Å². The first-order valence-corrected chi connectivity index (χ1v) is 14.5. The predicted molar refractivity (Wildman–Crippen MR) is 148 cm³/mol. The number of alkyl halides is 2. The average molecular weight is 603 g/mol. The number of piperidine rings is 1. The largest absolute Gasteiger partial charge is 0.465 e. The van der Waals surface area contributed by atoms with Crippen molar-refractivity contribution in [1.82, 2.24) is 31.5 Å². The number of unbranched alkanes of at least 4 members (excludes halogenated alkanes) is 1. The van der Waals surface area contributed by atoms with Gasteiger partial charge < -0.3 is 36.6 Å². The Kier molecular flexibility index (Phi) is 13.5. The molecule has 0 aromatic rings. The number of likely N-dealkylation sites (tertiary alicyclic amines) is 1. The number of hydrogen-bond acceptors (Lipinski definition) is 7. The fourth-order valence-electron chi connectivity index (χ4n) is 4.90. The molecular formula is C27H44F2N6O7. The summed E-state index contributed by atoms with van der Waals surface area (Å²) in [4.78, 5) is 77.6. The molecule has 0 bridgehead atoms. The first-order valence-electron chi connectivity index (χ1n) is 14.5. The number of carbonyl (C=O) groups is 6. The third-order valence-corrected chi connectivity index (χ3v) is 7.28. The van der Waals surface area contributed by atoms with Crippen molar-refractivity contribution in [3.05, 3.63) is 0 Å². The maximum Gasteiger partial charge on any atom is 0.405 e. The Morgan fingerprint density at radius 2 is 1.64 bits per heavy atom. The molecule has 0 aromatic carbocycles. The molecule has 6 N–H and O–H groups in total. The van der Waals surface area contributed by atoms with Gasteiger partial charge in [0.05, 0.1) is 12.5 Å². The SMILES string of the molecule is CCCCNC(=O)C[C@H](NC(=O)[C@H](CC(C)C)NC(=O)[C@H](CN1CCC(F)(F)CC1)NC(=O)O)C(=O)[C@@H]1CCNC1=O. The van der Waals surface area contributed by atoms with E-state index in [0.717, 1.165) is 12.8 Å². The predicted octanol–water partition coefficient (Wildman–Crippen LogP) is 0.381. The maximum atomic E-state index is 13.6. The molecule has 0 radical (unpaired) electrons. The van der Waals surface area contributed by atoms with E-state index in [2.05, 4.69) is 26.6 Å². The van der Waals surface area contributed by atoms with E-state index in [0.29, 0.717) is 6.54 Å². The molecular weight excluding hydrogens is 558 g/mol. The van der Waals surface area contributed by atoms with Gasteiger partial charge in [-0.3, -0.25) is 24.0 Å². The van der Waals surface area contributed by atoms with E-state index in [1.807, 2.05) is 6.92 Å². The van der Waals surface area contributed by atoms with E-state index in [1.165, 1.54) is 0 Å². The number of ketones is 1. The molecule has 2 saturated heterocycles. The second-order valence-corrected chi connectivity index (χ2v) is 11.4. The van der Waals surface area contributed by atoms with Crippen LogP contribution in [0.4, 0.5) is 13.6 Å². The number of carbonyl (C=O) groups excluding carboxylic acids is 5. The standard InChI is InChI=1S/C27H44F2N6O7/c1-4-5-9-30-21(36)14-18(22(37)17-6-10-31-23(17)38)32-24(39)19(13-16(2)3)33-25(40)20(34-26(41)42)15-35-11-7-27(28,29)8-12-35/h16-20,34H,4-15H2,1-3H3,(H,30,36)(H,31,38)(H,32,39)(H,33,40)(H,41,42)/t17-,18-,19-,20-/m0/s1. The van der Waals surface area contributed by atoms with E-state index in [9.17, 15) is 42.7 Å². The molecule has 2 rings (SSSR count). The third-order valence-electron chi connectivity index (χ3n) is 7.28. The molecule has 42 heavy (non-hydrogen) atoms. The number of nitrogens with one attached hydrogen (secondary N) is 5. The fourth-order valence-corrected chi connectivity index (χ4v) is 4.90. The average Bonchev–Trinajstić information content (AvgIpc) is 3.33. The number of nitrogens with zero attached hydrogens (tertiary/aromatic N) is 1. The Hall–Kier alpha value is -3.36. The van der Waals surface area contributed by atoms with Gasteiger partial charge in [-0.15, -0.1) is 0 Å². The highest BCUT2D eigenvalue weighted by molar-refractivity contribution is 6.07. The van der Waals surface area contributed by atoms with Gasteiger partial charge in [0.25, 0.3) is 5.92 Å². The Morgan fingerprint density at radius 3 is 2.19 bits per heavy atom. The lowest BCUT2D eigenvalue weighted by Gasteiger charge is -2.34. The molecule has 15 heteroatoms. The number of amides is 5. The lowest BCUT2D eigenvalue weighted by atomic mass is 9.93. The van der Waals surface area contributed by atoms with E-state index in [4.69, 9.17) is 0 Å². The zero-order chi connectivity index (χ0) is 31.4. The first kappa shape index (κ1) is 34.8. The second kappa shape index (κ2) is 16.3. The number of Topliss-reactive ketones (excluding diaryl/α,β-unsaturated/α-hetero) is 1. The van der Waals surface area contributed by atoms with Gasteiger partial charge in [0.15, 0.2) is 5.78 Å². The van der Waals surface area contributed by atoms with Crippen LogP contribution < -0.4 is 26.6 Å². The van der Waals surface area contributed by atoms with Gasteiger partial charge in [-0.25, -0.2) is 13.6 Å². The number of rotatable bonds is 16. The lowest BCUT2D eigenvalue weighted by Crippen LogP contribution is -2.59. The van der Waals surface area contributed by atoms with Crippen LogP contribution in [0.2, 0.25) is 0 Å². The molecule has 0 spiro atoms. The topological polar surface area (TPSA) is 186 Å². The third kappa shape index (κ3) is 11.5. The van der Waals surface area contributed by atoms with Crippen molar-refractivity contribution in [1.29, 1.82) is 0 Å². The highest BCUT2D eigenvalue weighted by Gasteiger charge is 2.39. The van der Waals surface area contributed by atoms with E-state index >= 15 is 0 Å². The van der Waals surface area contributed by atoms with Crippen LogP contribution in [0.5, 0.6) is 0 Å². The van der Waals surface area contributed by atoms with Crippen molar-refractivity contribution < 1.29 is 42.7 Å². The summed E-state index contributed by atoms with van der Waals surface area (Å²) in [6, 6.07) is -3.90. The van der Waals surface area contributed by atoms with Crippen molar-refractivity contribution in [2.45, 2.75) is 89.8 Å². The maximum absolute atomic E-state index is 13.6. The summed E-state index contributed by atoms with van der Waals surface area (Å²) >= 11 is 0. The summed E-state index contributed by atoms with van der Waals surface area (Å²) < 4.78 is 27.1. The van der Waals surface area contributed by atoms with Crippen LogP contribution in [-0.4, -0.2) is 102 Å². The Morgan fingerprint density at radius 1 is 1.02 bits per heavy atom. The van der Waals surface area contributed by atoms with E-state index in [1.54, 1.807) is 18.7 Å². The molecule has 0 saturated carbocycles. The lowest BCUT2D eigenvalue weighted by molar-refractivity contribution is -0.138. The Balaban J connectivity index is 2.18. The molecule has 2 fully saturated rings. The molecule has 238 valence electrons. The summed E-state index contributed by atoms with van der Waals surface area (Å²) in [7, 11) is 0. The molecule has 2 heterocycles. The van der Waals surface area contributed by atoms with Gasteiger partial charge in [0.1, 0.15) is 18.0 Å². The van der Waals surface area contributed by atoms with Crippen molar-refractivity contribution in [2.24, 2.45) is 11.8 Å². The molecule has 2 aliphatic heterocycles. The Bertz CT molecular complexity index is 986. The van der Waals surface area contributed by atoms with Crippen molar-refractivity contribution in [3.8, 4) is 0 Å². The Labute approximate surface area is 244 Å². The number of halogens is 2. The minimum atomic E-state index is -2.82. The van der Waals surface area contributed by atoms with Gasteiger partial charge in [0, 0.05) is 45.6 Å². The van der Waals surface area contributed by atoms with Gasteiger partial charge >= 0.3 is 6.09 Å². The van der Waals surface area contributed by atoms with Crippen molar-refractivity contribution in [2.75, 3.05) is 32.7 Å². The summed E-state index contributed by atoms with van der Waals surface area (Å²) in [5.74, 6) is -7.19. The monoisotopic (exact) mass is 602 g/mol. The summed E-state index contributed by atoms with van der Waals surface area (Å²) in [5, 5.41) is 21.7. The van der Waals surface area contributed by atoms with Crippen LogP contribution in [0.25, 0.3) is 0 Å². The van der Waals surface area contributed by atoms with E-state index < -0.39 is 84.7 Å². The minimum absolute atomic E-state index is 0.0349. The van der Waals surface area contributed by atoms with E-state index in [-0.39, 0.29) is 44.9 Å². The van der Waals surface area contributed by atoms with Gasteiger partial charge in [0.2, 0.25) is 23.6 Å². The highest BCUT2D eigenvalue weighted by atomic mass is 19.3. The van der Waals surface area contributed by atoms with Gasteiger partial charge in [-0.2, -0.15) is 0 Å². The van der Waals surface area contributed by atoms with Crippen LogP contribution in [-0.2, 0) is 24.0 Å². The minimum Gasteiger partial charge on any atom is -0.465 e. The van der Waals surface area contributed by atoms with Crippen LogP contribution in [0.15, 0.2) is 0 Å². The van der Waals surface area contributed by atoms with Crippen LogP contribution >= 0.6 is 0 Å². The number of carboxylic acid groups (broad SMARTS) is 1. The van der Waals surface area contributed by atoms with Crippen LogP contribution in [0.1, 0.15) is 65.7 Å². The smallest absolute Gasteiger partial charge is 0.405 e. The molecule has 0 aromatic heterocycles. The summed E-state index contributed by atoms with van der Waals surface area (Å²) in [5.41, 5.74) is 0. The van der Waals surface area contributed by atoms with Crippen molar-refractivity contribution >= 4 is 35.5 Å². The number of hydrogen-bond donors (Lipinski definition) is 6. The summed E-state index contributed by atoms with van der Waals surface area (Å²) in [6.07, 6.45) is -0.865. The normalized spacial score (nSPS) is 20.6. The van der Waals surface area contributed by atoms with Crippen LogP contribution in [0, 0.1) is 11.8 Å². The van der Waals surface area contributed by atoms with Crippen molar-refractivity contribution in [3.63, 3.8) is 0 Å². The zero-order valence-electron chi connectivity index (χ0n) is 24.5. The molecule has 5 amide bonds. The highest BCUT2D eigenvalue weighted by Crippen LogP contribution is 2.27. The molecule has 0 unspecified atom stereocenters. The molecule has 4 atom stereocenters. The van der Waals surface area contributed by atoms with Gasteiger partial charge in [-0.05, 0) is 25.2 Å². The zero-order valence-corrected chi connectivity index (χ0v) is 24.5. The van der Waals surface area contributed by atoms with Crippen LogP contribution in [0.3, 0.4) is 0 Å². The quantitative estimate of drug-likeness (QED) is 0.108.